The summed E-state index contributed by atoms with van der Waals surface area (Å²) in [5.74, 6) is -2.56. The predicted molar refractivity (Wildman–Crippen MR) is 193 cm³/mol. The third kappa shape index (κ3) is 6.95. The lowest BCUT2D eigenvalue weighted by Crippen LogP contribution is -2.60. The fraction of sp³-hybridized carbons (Fsp3) is 0.500. The molecule has 2 aromatic rings. The second-order valence-electron chi connectivity index (χ2n) is 15.9. The molecule has 4 fully saturated rings. The molecular formula is C40H47N5O7. The van der Waals surface area contributed by atoms with E-state index in [1.807, 2.05) is 69.3 Å². The number of nitrogens with zero attached hydrogens (tertiary/aromatic N) is 2. The Morgan fingerprint density at radius 3 is 2.08 bits per heavy atom. The Labute approximate surface area is 303 Å². The van der Waals surface area contributed by atoms with Gasteiger partial charge in [0.2, 0.25) is 17.7 Å². The molecule has 1 heterocycles. The van der Waals surface area contributed by atoms with Crippen molar-refractivity contribution in [3.05, 3.63) is 72.3 Å². The van der Waals surface area contributed by atoms with Gasteiger partial charge in [-0.2, -0.15) is 0 Å². The van der Waals surface area contributed by atoms with Gasteiger partial charge < -0.3 is 25.1 Å². The van der Waals surface area contributed by atoms with Crippen molar-refractivity contribution in [1.82, 2.24) is 20.9 Å². The second kappa shape index (κ2) is 13.9. The van der Waals surface area contributed by atoms with E-state index in [9.17, 15) is 24.0 Å². The number of hydrogen-bond donors (Lipinski definition) is 3. The van der Waals surface area contributed by atoms with Gasteiger partial charge in [0.05, 0.1) is 6.54 Å². The zero-order chi connectivity index (χ0) is 36.8. The molecule has 52 heavy (non-hydrogen) atoms. The molecule has 12 nitrogen and oxygen atoms in total. The first-order valence-corrected chi connectivity index (χ1v) is 18.4. The van der Waals surface area contributed by atoms with Gasteiger partial charge in [-0.15, -0.1) is 6.58 Å². The number of carbonyl (C=O) groups is 5. The van der Waals surface area contributed by atoms with E-state index in [4.69, 9.17) is 9.57 Å². The molecule has 7 rings (SSSR count). The third-order valence-corrected chi connectivity index (χ3v) is 11.0. The van der Waals surface area contributed by atoms with Crippen molar-refractivity contribution >= 4 is 35.4 Å². The molecule has 5 amide bonds. The van der Waals surface area contributed by atoms with Crippen molar-refractivity contribution in [2.75, 3.05) is 6.54 Å². The molecule has 5 atom stereocenters. The maximum absolute atomic E-state index is 14.5. The number of amides is 5. The second-order valence-corrected chi connectivity index (χ2v) is 15.9. The van der Waals surface area contributed by atoms with Gasteiger partial charge in [-0.05, 0) is 61.5 Å². The first kappa shape index (κ1) is 35.4. The fourth-order valence-corrected chi connectivity index (χ4v) is 7.72. The van der Waals surface area contributed by atoms with Crippen molar-refractivity contribution in [2.24, 2.45) is 22.4 Å². The Morgan fingerprint density at radius 2 is 1.52 bits per heavy atom. The quantitative estimate of drug-likeness (QED) is 0.158. The van der Waals surface area contributed by atoms with Crippen LogP contribution in [0.1, 0.15) is 83.3 Å². The largest absolute Gasteiger partial charge is 0.446 e. The zero-order valence-corrected chi connectivity index (χ0v) is 30.0. The highest BCUT2D eigenvalue weighted by atomic mass is 16.6. The van der Waals surface area contributed by atoms with Gasteiger partial charge in [-0.1, -0.05) is 80.5 Å². The maximum atomic E-state index is 14.5. The van der Waals surface area contributed by atoms with Gasteiger partial charge in [0.15, 0.2) is 0 Å². The number of benzene rings is 2. The van der Waals surface area contributed by atoms with Crippen molar-refractivity contribution in [3.8, 4) is 11.1 Å². The number of ether oxygens (including phenoxy) is 1. The highest BCUT2D eigenvalue weighted by molar-refractivity contribution is 6.24. The van der Waals surface area contributed by atoms with Crippen molar-refractivity contribution in [2.45, 2.75) is 102 Å². The summed E-state index contributed by atoms with van der Waals surface area (Å²) in [5, 5.41) is 12.8. The van der Waals surface area contributed by atoms with E-state index in [0.29, 0.717) is 5.71 Å². The van der Waals surface area contributed by atoms with Gasteiger partial charge in [0.1, 0.15) is 35.5 Å². The molecule has 1 unspecified atom stereocenters. The van der Waals surface area contributed by atoms with Crippen LogP contribution in [0.25, 0.3) is 11.1 Å². The summed E-state index contributed by atoms with van der Waals surface area (Å²) in [4.78, 5) is 75.4. The number of oxime groups is 1. The van der Waals surface area contributed by atoms with Crippen LogP contribution in [0, 0.1) is 17.3 Å². The third-order valence-electron chi connectivity index (χ3n) is 11.0. The van der Waals surface area contributed by atoms with Crippen molar-refractivity contribution < 1.29 is 33.5 Å². The van der Waals surface area contributed by atoms with Crippen LogP contribution in [0.15, 0.2) is 66.3 Å². The monoisotopic (exact) mass is 709 g/mol. The summed E-state index contributed by atoms with van der Waals surface area (Å²) < 4.78 is 5.65. The lowest BCUT2D eigenvalue weighted by molar-refractivity contribution is -0.143. The van der Waals surface area contributed by atoms with Crippen LogP contribution in [-0.2, 0) is 28.8 Å². The Hall–Kier alpha value is -5.00. The molecule has 3 N–H and O–H groups in total. The Balaban J connectivity index is 1.15. The lowest BCUT2D eigenvalue weighted by Gasteiger charge is -2.35. The van der Waals surface area contributed by atoms with Gasteiger partial charge in [0.25, 0.3) is 5.91 Å². The minimum absolute atomic E-state index is 0.00712. The van der Waals surface area contributed by atoms with E-state index in [-0.39, 0.29) is 43.2 Å². The normalized spacial score (nSPS) is 25.3. The SMILES string of the molecule is C=CC1C[C@]1(NC(=O)[C@@H]1C[C@@H](ON=C2c3ccccc3-c3ccccc32)CN1C(=O)[C@H](NC(=O)OC1CCCC1)C(C)(C)C)C(=O)NC(=O)C1CC1. The fourth-order valence-electron chi connectivity index (χ4n) is 7.72. The predicted octanol–water partition coefficient (Wildman–Crippen LogP) is 4.60. The average Bonchev–Trinajstić information content (AvgIpc) is 3.94. The van der Waals surface area contributed by atoms with E-state index in [1.165, 1.54) is 4.90 Å². The average molecular weight is 710 g/mol. The first-order chi connectivity index (χ1) is 24.9. The molecule has 0 aromatic heterocycles. The molecule has 0 bridgehead atoms. The summed E-state index contributed by atoms with van der Waals surface area (Å²) >= 11 is 0. The lowest BCUT2D eigenvalue weighted by atomic mass is 9.85. The van der Waals surface area contributed by atoms with Gasteiger partial charge in [0, 0.05) is 29.4 Å². The molecule has 274 valence electrons. The van der Waals surface area contributed by atoms with Crippen LogP contribution < -0.4 is 16.0 Å². The molecule has 3 saturated carbocycles. The number of rotatable bonds is 10. The molecule has 0 spiro atoms. The van der Waals surface area contributed by atoms with Gasteiger partial charge >= 0.3 is 6.09 Å². The standard InChI is InChI=1S/C40H47N5O7/c1-5-24-21-40(24,37(49)42-34(46)23-18-19-23)43-35(47)31-20-26(52-44-32-29-16-10-8-14-27(29)28-15-9-11-17-30(28)32)22-45(31)36(48)33(39(2,3)4)41-38(50)51-25-12-6-7-13-25/h5,8-11,14-17,23-26,31,33H,1,6-7,12-13,18-22H2,2-4H3,(H,41,50)(H,43,47)(H,42,46,49)/t24?,26-,31+,33+,40-/m1/s1. The summed E-state index contributed by atoms with van der Waals surface area (Å²) in [6.45, 7) is 9.34. The van der Waals surface area contributed by atoms with Crippen LogP contribution in [0.2, 0.25) is 0 Å². The Kier molecular flexibility index (Phi) is 9.43. The molecule has 0 radical (unpaired) electrons. The van der Waals surface area contributed by atoms with Crippen LogP contribution in [0.3, 0.4) is 0 Å². The number of fused-ring (bicyclic) bond motifs is 3. The number of carbonyl (C=O) groups excluding carboxylic acids is 5. The van der Waals surface area contributed by atoms with E-state index >= 15 is 0 Å². The first-order valence-electron chi connectivity index (χ1n) is 18.4. The van der Waals surface area contributed by atoms with Crippen LogP contribution >= 0.6 is 0 Å². The molecule has 12 heteroatoms. The molecular weight excluding hydrogens is 662 g/mol. The molecule has 5 aliphatic rings. The minimum Gasteiger partial charge on any atom is -0.446 e. The van der Waals surface area contributed by atoms with E-state index in [1.54, 1.807) is 6.08 Å². The smallest absolute Gasteiger partial charge is 0.408 e. The van der Waals surface area contributed by atoms with Crippen molar-refractivity contribution in [3.63, 3.8) is 0 Å². The number of nitrogens with one attached hydrogen (secondary N) is 3. The van der Waals surface area contributed by atoms with E-state index < -0.39 is 53.0 Å². The molecule has 4 aliphatic carbocycles. The molecule has 1 saturated heterocycles. The summed E-state index contributed by atoms with van der Waals surface area (Å²) in [6.07, 6.45) is 5.35. The van der Waals surface area contributed by atoms with Crippen LogP contribution in [0.5, 0.6) is 0 Å². The number of hydrogen-bond acceptors (Lipinski definition) is 8. The highest BCUT2D eigenvalue weighted by Crippen LogP contribution is 2.45. The summed E-state index contributed by atoms with van der Waals surface area (Å²) in [7, 11) is 0. The summed E-state index contributed by atoms with van der Waals surface area (Å²) in [5.41, 5.74) is 2.45. The number of alkyl carbamates (subject to hydrolysis) is 1. The maximum Gasteiger partial charge on any atom is 0.408 e. The van der Waals surface area contributed by atoms with E-state index in [2.05, 4.69) is 27.7 Å². The van der Waals surface area contributed by atoms with Crippen LogP contribution in [-0.4, -0.2) is 76.7 Å². The summed E-state index contributed by atoms with van der Waals surface area (Å²) in [6, 6.07) is 13.7. The van der Waals surface area contributed by atoms with Gasteiger partial charge in [-0.3, -0.25) is 24.5 Å². The number of imide groups is 1. The molecule has 2 aromatic carbocycles. The zero-order valence-electron chi connectivity index (χ0n) is 30.0. The van der Waals surface area contributed by atoms with Crippen molar-refractivity contribution in [1.29, 1.82) is 0 Å². The minimum atomic E-state index is -1.36. The number of likely N-dealkylation sites (tertiary alicyclic amines) is 1. The topological polar surface area (TPSA) is 156 Å². The molecule has 1 aliphatic heterocycles. The van der Waals surface area contributed by atoms with E-state index in [0.717, 1.165) is 60.8 Å². The van der Waals surface area contributed by atoms with Gasteiger partial charge in [-0.25, -0.2) is 4.79 Å². The highest BCUT2D eigenvalue weighted by Gasteiger charge is 2.61. The Bertz CT molecular complexity index is 1780. The Morgan fingerprint density at radius 1 is 0.904 bits per heavy atom. The van der Waals surface area contributed by atoms with Crippen LogP contribution in [0.4, 0.5) is 4.79 Å².